The lowest BCUT2D eigenvalue weighted by atomic mass is 9.77. The molecule has 0 aliphatic heterocycles. The van der Waals surface area contributed by atoms with Crippen LogP contribution in [-0.4, -0.2) is 14.7 Å². The zero-order chi connectivity index (χ0) is 28.4. The fourth-order valence-corrected chi connectivity index (χ4v) is 5.32. The first kappa shape index (κ1) is 25.8. The van der Waals surface area contributed by atoms with Crippen LogP contribution in [0.25, 0.3) is 23.1 Å². The number of fused-ring (bicyclic) bond motifs is 1. The number of hydrogen-bond donors (Lipinski definition) is 0. The minimum atomic E-state index is -1.06. The van der Waals surface area contributed by atoms with E-state index in [1.54, 1.807) is 29.0 Å². The molecule has 200 valence electrons. The molecule has 0 bridgehead atoms. The molecular weight excluding hydrogens is 520 g/mol. The third kappa shape index (κ3) is 4.57. The zero-order valence-electron chi connectivity index (χ0n) is 21.7. The highest BCUT2D eigenvalue weighted by atomic mass is 19.1. The van der Waals surface area contributed by atoms with E-state index in [2.05, 4.69) is 0 Å². The number of benzene rings is 5. The smallest absolute Gasteiger partial charge is 0.258 e. The lowest BCUT2D eigenvalue weighted by Crippen LogP contribution is -2.38. The third-order valence-corrected chi connectivity index (χ3v) is 7.17. The molecule has 0 amide bonds. The molecule has 41 heavy (non-hydrogen) atoms. The summed E-state index contributed by atoms with van der Waals surface area (Å²) in [6.07, 6.45) is 3.45. The van der Waals surface area contributed by atoms with E-state index in [0.717, 1.165) is 16.7 Å². The largest absolute Gasteiger partial charge is 0.305 e. The van der Waals surface area contributed by atoms with Crippen molar-refractivity contribution in [2.24, 2.45) is 0 Å². The van der Waals surface area contributed by atoms with E-state index in [-0.39, 0.29) is 5.82 Å². The summed E-state index contributed by atoms with van der Waals surface area (Å²) in [5, 5.41) is 17.2. The van der Waals surface area contributed by atoms with Gasteiger partial charge in [0.15, 0.2) is 0 Å². The van der Waals surface area contributed by atoms with Crippen LogP contribution in [0.4, 0.5) is 14.5 Å². The van der Waals surface area contributed by atoms with E-state index in [1.165, 1.54) is 24.3 Å². The minimum Gasteiger partial charge on any atom is -0.258 e. The first-order chi connectivity index (χ1) is 20.0. The van der Waals surface area contributed by atoms with E-state index in [4.69, 9.17) is 5.10 Å². The van der Waals surface area contributed by atoms with Crippen LogP contribution >= 0.6 is 0 Å². The van der Waals surface area contributed by atoms with E-state index >= 15 is 4.39 Å². The lowest BCUT2D eigenvalue weighted by molar-refractivity contribution is -0.387. The molecule has 6 rings (SSSR count). The first-order valence-electron chi connectivity index (χ1n) is 13.0. The third-order valence-electron chi connectivity index (χ3n) is 7.17. The van der Waals surface area contributed by atoms with Crippen molar-refractivity contribution in [3.05, 3.63) is 177 Å². The van der Waals surface area contributed by atoms with Crippen molar-refractivity contribution < 1.29 is 13.7 Å². The van der Waals surface area contributed by atoms with E-state index in [1.807, 2.05) is 91.0 Å². The van der Waals surface area contributed by atoms with E-state index in [0.29, 0.717) is 22.2 Å². The van der Waals surface area contributed by atoms with Crippen molar-refractivity contribution in [3.63, 3.8) is 0 Å². The van der Waals surface area contributed by atoms with Gasteiger partial charge in [0.25, 0.3) is 0 Å². The van der Waals surface area contributed by atoms with Crippen LogP contribution in [0.5, 0.6) is 0 Å². The van der Waals surface area contributed by atoms with Gasteiger partial charge < -0.3 is 0 Å². The van der Waals surface area contributed by atoms with Gasteiger partial charge in [0.1, 0.15) is 11.4 Å². The number of nitro groups is 1. The van der Waals surface area contributed by atoms with Crippen LogP contribution in [0, 0.1) is 21.7 Å². The number of aromatic nitrogens is 2. The second-order valence-corrected chi connectivity index (χ2v) is 9.57. The Morgan fingerprint density at radius 2 is 1.22 bits per heavy atom. The van der Waals surface area contributed by atoms with Gasteiger partial charge >= 0.3 is 5.69 Å². The van der Waals surface area contributed by atoms with Crippen LogP contribution in [0.2, 0.25) is 0 Å². The van der Waals surface area contributed by atoms with Crippen molar-refractivity contribution in [2.75, 3.05) is 0 Å². The minimum absolute atomic E-state index is 0.360. The second-order valence-electron chi connectivity index (χ2n) is 9.57. The van der Waals surface area contributed by atoms with Gasteiger partial charge in [0.2, 0.25) is 5.82 Å². The average molecular weight is 544 g/mol. The van der Waals surface area contributed by atoms with Crippen LogP contribution in [0.1, 0.15) is 27.9 Å². The van der Waals surface area contributed by atoms with Gasteiger partial charge in [-0.25, -0.2) is 9.07 Å². The molecule has 0 aliphatic carbocycles. The van der Waals surface area contributed by atoms with Crippen LogP contribution in [0.15, 0.2) is 127 Å². The summed E-state index contributed by atoms with van der Waals surface area (Å²) in [6, 6.07) is 37.6. The van der Waals surface area contributed by atoms with E-state index in [9.17, 15) is 14.5 Å². The molecule has 1 aromatic heterocycles. The molecule has 0 atom stereocenters. The Balaban J connectivity index is 1.73. The summed E-state index contributed by atoms with van der Waals surface area (Å²) in [5.74, 6) is -1.32. The van der Waals surface area contributed by atoms with Gasteiger partial charge in [-0.1, -0.05) is 109 Å². The Morgan fingerprint density at radius 1 is 0.707 bits per heavy atom. The van der Waals surface area contributed by atoms with Crippen molar-refractivity contribution in [3.8, 4) is 0 Å². The molecule has 0 aliphatic rings. The molecule has 0 N–H and O–H groups in total. The SMILES string of the molecule is O=[N+]([O-])c1cc2c(/C=C/c3ccc(F)cc3)nn(C(c3ccccc3)(c3ccccc3)c3ccccc3)c2cc1F. The molecular formula is C34H23F2N3O2. The molecule has 5 aromatic carbocycles. The molecule has 7 heteroatoms. The van der Waals surface area contributed by atoms with Gasteiger partial charge in [-0.05, 0) is 40.5 Å². The summed E-state index contributed by atoms with van der Waals surface area (Å²) in [7, 11) is 0. The molecule has 6 aromatic rings. The summed E-state index contributed by atoms with van der Waals surface area (Å²) < 4.78 is 30.6. The number of hydrogen-bond acceptors (Lipinski definition) is 3. The highest BCUT2D eigenvalue weighted by Gasteiger charge is 2.41. The number of halogens is 2. The monoisotopic (exact) mass is 543 g/mol. The Bertz CT molecular complexity index is 1770. The molecule has 0 saturated heterocycles. The van der Waals surface area contributed by atoms with Crippen LogP contribution in [-0.2, 0) is 5.54 Å². The lowest BCUT2D eigenvalue weighted by Gasteiger charge is -2.37. The predicted octanol–water partition coefficient (Wildman–Crippen LogP) is 8.23. The maximum Gasteiger partial charge on any atom is 0.305 e. The molecule has 0 saturated carbocycles. The molecule has 0 radical (unpaired) electrons. The zero-order valence-corrected chi connectivity index (χ0v) is 21.7. The van der Waals surface area contributed by atoms with Gasteiger partial charge in [-0.2, -0.15) is 9.49 Å². The quantitative estimate of drug-likeness (QED) is 0.116. The summed E-state index contributed by atoms with van der Waals surface area (Å²) in [4.78, 5) is 11.0. The highest BCUT2D eigenvalue weighted by molar-refractivity contribution is 5.92. The summed E-state index contributed by atoms with van der Waals surface area (Å²) in [5.41, 5.74) is 2.40. The molecule has 1 heterocycles. The van der Waals surface area contributed by atoms with Gasteiger partial charge in [0.05, 0.1) is 16.1 Å². The van der Waals surface area contributed by atoms with Crippen molar-refractivity contribution >= 4 is 28.7 Å². The molecule has 0 spiro atoms. The molecule has 0 unspecified atom stereocenters. The van der Waals surface area contributed by atoms with Gasteiger partial charge in [-0.3, -0.25) is 10.1 Å². The summed E-state index contributed by atoms with van der Waals surface area (Å²) >= 11 is 0. The topological polar surface area (TPSA) is 61.0 Å². The second kappa shape index (κ2) is 10.6. The summed E-state index contributed by atoms with van der Waals surface area (Å²) in [6.45, 7) is 0. The maximum atomic E-state index is 15.3. The highest BCUT2D eigenvalue weighted by Crippen LogP contribution is 2.43. The Morgan fingerprint density at radius 3 is 1.71 bits per heavy atom. The fourth-order valence-electron chi connectivity index (χ4n) is 5.32. The number of rotatable bonds is 7. The van der Waals surface area contributed by atoms with Gasteiger partial charge in [0, 0.05) is 17.5 Å². The Kier molecular flexibility index (Phi) is 6.69. The predicted molar refractivity (Wildman–Crippen MR) is 156 cm³/mol. The first-order valence-corrected chi connectivity index (χ1v) is 13.0. The average Bonchev–Trinajstić information content (AvgIpc) is 3.35. The number of nitrogens with zero attached hydrogens (tertiary/aromatic N) is 3. The van der Waals surface area contributed by atoms with Crippen molar-refractivity contribution in [2.45, 2.75) is 5.54 Å². The van der Waals surface area contributed by atoms with E-state index < -0.39 is 22.0 Å². The van der Waals surface area contributed by atoms with Gasteiger partial charge in [-0.15, -0.1) is 0 Å². The fraction of sp³-hybridized carbons (Fsp3) is 0.0294. The van der Waals surface area contributed by atoms with Crippen LogP contribution in [0.3, 0.4) is 0 Å². The standard InChI is InChI=1S/C34H23F2N3O2/c35-28-19-16-24(17-20-28)18-21-31-29-22-33(39(40)41)30(36)23-32(29)38(37-31)34(25-10-4-1-5-11-25,26-12-6-2-7-13-26)27-14-8-3-9-15-27/h1-23H/b21-18+. The Labute approximate surface area is 234 Å². The molecule has 5 nitrogen and oxygen atoms in total. The normalized spacial score (nSPS) is 11.8. The van der Waals surface area contributed by atoms with Crippen molar-refractivity contribution in [1.29, 1.82) is 0 Å². The maximum absolute atomic E-state index is 15.3. The molecule has 0 fully saturated rings. The Hall–Kier alpha value is -5.43. The van der Waals surface area contributed by atoms with Crippen LogP contribution < -0.4 is 0 Å². The number of nitro benzene ring substituents is 1. The van der Waals surface area contributed by atoms with Crippen molar-refractivity contribution in [1.82, 2.24) is 9.78 Å².